The highest BCUT2D eigenvalue weighted by atomic mass is 19.4. The molecular weight excluding hydrogens is 285 g/mol. The second-order valence-electron chi connectivity index (χ2n) is 4.89. The molecule has 1 aliphatic heterocycles. The van der Waals surface area contributed by atoms with Crippen LogP contribution >= 0.6 is 0 Å². The quantitative estimate of drug-likeness (QED) is 0.922. The van der Waals surface area contributed by atoms with Crippen molar-refractivity contribution in [2.24, 2.45) is 5.73 Å². The van der Waals surface area contributed by atoms with Gasteiger partial charge in [0.2, 0.25) is 0 Å². The highest BCUT2D eigenvalue weighted by molar-refractivity contribution is 5.94. The monoisotopic (exact) mass is 302 g/mol. The van der Waals surface area contributed by atoms with E-state index in [0.717, 1.165) is 5.56 Å². The number of alkyl halides is 3. The lowest BCUT2D eigenvalue weighted by Crippen LogP contribution is -2.51. The fourth-order valence-electron chi connectivity index (χ4n) is 2.20. The number of carbonyl (C=O) groups excluding carboxylic acids is 1. The van der Waals surface area contributed by atoms with Crippen molar-refractivity contribution in [2.75, 3.05) is 26.2 Å². The fraction of sp³-hybridized carbons (Fsp3) is 0.500. The van der Waals surface area contributed by atoms with Crippen molar-refractivity contribution >= 4 is 5.91 Å². The number of hydrogen-bond donors (Lipinski definition) is 1. The largest absolute Gasteiger partial charge is 0.416 e. The molecular formula is C14H17F3N2O2. The molecule has 2 N–H and O–H groups in total. The van der Waals surface area contributed by atoms with Crippen LogP contribution < -0.4 is 5.73 Å². The Morgan fingerprint density at radius 1 is 1.33 bits per heavy atom. The maximum absolute atomic E-state index is 12.6. The fourth-order valence-corrected chi connectivity index (χ4v) is 2.20. The number of morpholine rings is 1. The van der Waals surface area contributed by atoms with E-state index in [2.05, 4.69) is 4.74 Å². The first kappa shape index (κ1) is 15.8. The second-order valence-corrected chi connectivity index (χ2v) is 4.89. The summed E-state index contributed by atoms with van der Waals surface area (Å²) in [5.41, 5.74) is 6.80. The first-order valence-electron chi connectivity index (χ1n) is 6.68. The lowest BCUT2D eigenvalue weighted by atomic mass is 10.1. The van der Waals surface area contributed by atoms with Gasteiger partial charge < -0.3 is 15.4 Å². The molecule has 4 nitrogen and oxygen atoms in total. The van der Waals surface area contributed by atoms with Crippen molar-refractivity contribution in [1.82, 2.24) is 4.90 Å². The van der Waals surface area contributed by atoms with Gasteiger partial charge in [0.25, 0.3) is 5.91 Å². The van der Waals surface area contributed by atoms with E-state index in [1.54, 1.807) is 24.3 Å². The van der Waals surface area contributed by atoms with Crippen LogP contribution in [0.2, 0.25) is 0 Å². The highest BCUT2D eigenvalue weighted by Crippen LogP contribution is 2.26. The van der Waals surface area contributed by atoms with Gasteiger partial charge in [0.15, 0.2) is 6.10 Å². The number of hydrogen-bond acceptors (Lipinski definition) is 3. The molecule has 0 bridgehead atoms. The van der Waals surface area contributed by atoms with Crippen LogP contribution in [-0.4, -0.2) is 49.3 Å². The van der Waals surface area contributed by atoms with E-state index in [9.17, 15) is 18.0 Å². The molecule has 1 aromatic carbocycles. The third-order valence-electron chi connectivity index (χ3n) is 3.35. The van der Waals surface area contributed by atoms with Crippen molar-refractivity contribution in [3.63, 3.8) is 0 Å². The van der Waals surface area contributed by atoms with Gasteiger partial charge in [-0.25, -0.2) is 0 Å². The zero-order valence-corrected chi connectivity index (χ0v) is 11.4. The van der Waals surface area contributed by atoms with Crippen molar-refractivity contribution in [3.8, 4) is 0 Å². The smallest absolute Gasteiger partial charge is 0.365 e. The SMILES string of the molecule is NCCc1ccc(C(=O)N2CCOC(C(F)(F)F)C2)cc1. The highest BCUT2D eigenvalue weighted by Gasteiger charge is 2.44. The minimum absolute atomic E-state index is 0.110. The van der Waals surface area contributed by atoms with E-state index < -0.39 is 24.7 Å². The second kappa shape index (κ2) is 6.44. The minimum Gasteiger partial charge on any atom is -0.365 e. The Bertz CT molecular complexity index is 488. The van der Waals surface area contributed by atoms with Crippen molar-refractivity contribution in [2.45, 2.75) is 18.7 Å². The number of halogens is 3. The summed E-state index contributed by atoms with van der Waals surface area (Å²) >= 11 is 0. The molecule has 1 heterocycles. The van der Waals surface area contributed by atoms with Crippen LogP contribution in [0.15, 0.2) is 24.3 Å². The van der Waals surface area contributed by atoms with Crippen LogP contribution in [0.1, 0.15) is 15.9 Å². The summed E-state index contributed by atoms with van der Waals surface area (Å²) in [6.45, 7) is 0.0913. The number of nitrogens with zero attached hydrogens (tertiary/aromatic N) is 1. The van der Waals surface area contributed by atoms with Gasteiger partial charge in [0.1, 0.15) is 0 Å². The van der Waals surface area contributed by atoms with E-state index in [-0.39, 0.29) is 13.2 Å². The molecule has 0 aromatic heterocycles. The number of ether oxygens (including phenoxy) is 1. The predicted molar refractivity (Wildman–Crippen MR) is 70.9 cm³/mol. The van der Waals surface area contributed by atoms with Gasteiger partial charge in [-0.15, -0.1) is 0 Å². The topological polar surface area (TPSA) is 55.6 Å². The van der Waals surface area contributed by atoms with Crippen LogP contribution in [0, 0.1) is 0 Å². The summed E-state index contributed by atoms with van der Waals surface area (Å²) in [5, 5.41) is 0. The Labute approximate surface area is 120 Å². The molecule has 1 saturated heterocycles. The summed E-state index contributed by atoms with van der Waals surface area (Å²) in [5.74, 6) is -0.410. The molecule has 1 atom stereocenters. The minimum atomic E-state index is -4.45. The Kier molecular flexibility index (Phi) is 4.84. The molecule has 7 heteroatoms. The summed E-state index contributed by atoms with van der Waals surface area (Å²) in [6.07, 6.45) is -5.67. The van der Waals surface area contributed by atoms with Gasteiger partial charge in [0, 0.05) is 12.1 Å². The Hall–Kier alpha value is -1.60. The average Bonchev–Trinajstić information content (AvgIpc) is 2.47. The van der Waals surface area contributed by atoms with Crippen LogP contribution in [0.25, 0.3) is 0 Å². The summed E-state index contributed by atoms with van der Waals surface area (Å²) in [6, 6.07) is 6.76. The Morgan fingerprint density at radius 3 is 2.57 bits per heavy atom. The lowest BCUT2D eigenvalue weighted by Gasteiger charge is -2.33. The molecule has 0 radical (unpaired) electrons. The molecule has 1 unspecified atom stereocenters. The first-order chi connectivity index (χ1) is 9.91. The Balaban J connectivity index is 2.05. The molecule has 0 spiro atoms. The zero-order valence-electron chi connectivity index (χ0n) is 11.4. The van der Waals surface area contributed by atoms with E-state index in [0.29, 0.717) is 18.5 Å². The van der Waals surface area contributed by atoms with Crippen molar-refractivity contribution in [1.29, 1.82) is 0 Å². The maximum atomic E-state index is 12.6. The standard InChI is InChI=1S/C14H17F3N2O2/c15-14(16,17)12-9-19(7-8-21-12)13(20)11-3-1-10(2-4-11)5-6-18/h1-4,12H,5-9,18H2. The van der Waals surface area contributed by atoms with Crippen molar-refractivity contribution in [3.05, 3.63) is 35.4 Å². The normalized spacial score (nSPS) is 19.6. The molecule has 116 valence electrons. The molecule has 1 aliphatic rings. The van der Waals surface area contributed by atoms with Crippen molar-refractivity contribution < 1.29 is 22.7 Å². The molecule has 0 aliphatic carbocycles. The average molecular weight is 302 g/mol. The van der Waals surface area contributed by atoms with Gasteiger partial charge in [0.05, 0.1) is 13.2 Å². The van der Waals surface area contributed by atoms with E-state index in [4.69, 9.17) is 5.73 Å². The van der Waals surface area contributed by atoms with E-state index in [1.165, 1.54) is 4.90 Å². The number of benzene rings is 1. The van der Waals surface area contributed by atoms with Gasteiger partial charge >= 0.3 is 6.18 Å². The van der Waals surface area contributed by atoms with Gasteiger partial charge in [-0.2, -0.15) is 13.2 Å². The van der Waals surface area contributed by atoms with Crippen LogP contribution in [-0.2, 0) is 11.2 Å². The Morgan fingerprint density at radius 2 is 2.00 bits per heavy atom. The number of amides is 1. The lowest BCUT2D eigenvalue weighted by molar-refractivity contribution is -0.233. The van der Waals surface area contributed by atoms with Crippen LogP contribution in [0.3, 0.4) is 0 Å². The predicted octanol–water partition coefficient (Wildman–Crippen LogP) is 1.59. The molecule has 0 saturated carbocycles. The van der Waals surface area contributed by atoms with Crippen LogP contribution in [0.4, 0.5) is 13.2 Å². The number of rotatable bonds is 3. The summed E-state index contributed by atoms with van der Waals surface area (Å²) < 4.78 is 42.6. The maximum Gasteiger partial charge on any atom is 0.416 e. The van der Waals surface area contributed by atoms with E-state index in [1.807, 2.05) is 0 Å². The molecule has 2 rings (SSSR count). The molecule has 1 aromatic rings. The number of nitrogens with two attached hydrogens (primary N) is 1. The molecule has 21 heavy (non-hydrogen) atoms. The third-order valence-corrected chi connectivity index (χ3v) is 3.35. The number of carbonyl (C=O) groups is 1. The van der Waals surface area contributed by atoms with E-state index >= 15 is 0 Å². The first-order valence-corrected chi connectivity index (χ1v) is 6.68. The molecule has 1 amide bonds. The van der Waals surface area contributed by atoms with Gasteiger partial charge in [-0.05, 0) is 30.7 Å². The molecule has 1 fully saturated rings. The van der Waals surface area contributed by atoms with Gasteiger partial charge in [-0.3, -0.25) is 4.79 Å². The summed E-state index contributed by atoms with van der Waals surface area (Å²) in [4.78, 5) is 13.4. The third kappa shape index (κ3) is 3.95. The zero-order chi connectivity index (χ0) is 15.5. The van der Waals surface area contributed by atoms with Crippen LogP contribution in [0.5, 0.6) is 0 Å². The van der Waals surface area contributed by atoms with Gasteiger partial charge in [-0.1, -0.05) is 12.1 Å². The summed E-state index contributed by atoms with van der Waals surface area (Å²) in [7, 11) is 0.